The summed E-state index contributed by atoms with van der Waals surface area (Å²) in [5, 5.41) is 11.4. The van der Waals surface area contributed by atoms with Crippen LogP contribution < -0.4 is 5.32 Å². The van der Waals surface area contributed by atoms with Crippen molar-refractivity contribution in [2.45, 2.75) is 32.2 Å². The highest BCUT2D eigenvalue weighted by atomic mass is 35.5. The average Bonchev–Trinajstić information content (AvgIpc) is 2.20. The molecule has 0 aliphatic carbocycles. The summed E-state index contributed by atoms with van der Waals surface area (Å²) in [6, 6.07) is -0.279. The Morgan fingerprint density at radius 2 is 2.20 bits per heavy atom. The van der Waals surface area contributed by atoms with E-state index in [4.69, 9.17) is 16.7 Å². The molecule has 88 valence electrons. The summed E-state index contributed by atoms with van der Waals surface area (Å²) in [7, 11) is 0. The molecule has 1 heterocycles. The van der Waals surface area contributed by atoms with Crippen LogP contribution in [0.5, 0.6) is 0 Å². The van der Waals surface area contributed by atoms with Gasteiger partial charge in [0.1, 0.15) is 6.04 Å². The molecule has 0 aromatic heterocycles. The summed E-state index contributed by atoms with van der Waals surface area (Å²) >= 11 is 4.72. The second-order valence-corrected chi connectivity index (χ2v) is 3.32. The molecular formula is C9H16ClNO4. The van der Waals surface area contributed by atoms with E-state index in [1.54, 1.807) is 6.92 Å². The Labute approximate surface area is 93.7 Å². The third kappa shape index (κ3) is 8.20. The van der Waals surface area contributed by atoms with Crippen LogP contribution in [0.2, 0.25) is 0 Å². The third-order valence-corrected chi connectivity index (χ3v) is 1.98. The fourth-order valence-electron chi connectivity index (χ4n) is 1.18. The topological polar surface area (TPSA) is 75.6 Å². The van der Waals surface area contributed by atoms with Gasteiger partial charge in [-0.15, -0.1) is 0 Å². The molecule has 1 atom stereocenters. The number of carbonyl (C=O) groups is 2. The molecule has 2 N–H and O–H groups in total. The monoisotopic (exact) mass is 237 g/mol. The van der Waals surface area contributed by atoms with Gasteiger partial charge in [-0.1, -0.05) is 6.42 Å². The second kappa shape index (κ2) is 8.49. The summed E-state index contributed by atoms with van der Waals surface area (Å²) < 4.78 is 4.17. The van der Waals surface area contributed by atoms with E-state index in [9.17, 15) is 9.59 Å². The number of aliphatic carboxylic acids is 1. The smallest absolute Gasteiger partial charge is 0.403 e. The molecule has 1 aliphatic rings. The van der Waals surface area contributed by atoms with E-state index < -0.39 is 11.4 Å². The number of hydrogen-bond donors (Lipinski definition) is 2. The fourth-order valence-corrected chi connectivity index (χ4v) is 1.29. The van der Waals surface area contributed by atoms with Gasteiger partial charge in [-0.2, -0.15) is 0 Å². The largest absolute Gasteiger partial charge is 0.480 e. The molecular weight excluding hydrogens is 222 g/mol. The highest BCUT2D eigenvalue weighted by molar-refractivity contribution is 6.61. The molecule has 1 saturated heterocycles. The number of carboxylic acids is 1. The second-order valence-electron chi connectivity index (χ2n) is 3.01. The molecule has 5 nitrogen and oxygen atoms in total. The Bertz CT molecular complexity index is 204. The Kier molecular flexibility index (Phi) is 8.04. The zero-order valence-electron chi connectivity index (χ0n) is 8.66. The molecule has 15 heavy (non-hydrogen) atoms. The molecule has 0 unspecified atom stereocenters. The van der Waals surface area contributed by atoms with Gasteiger partial charge in [0.2, 0.25) is 0 Å². The van der Waals surface area contributed by atoms with Crippen molar-refractivity contribution in [2.24, 2.45) is 0 Å². The van der Waals surface area contributed by atoms with Crippen molar-refractivity contribution in [3.05, 3.63) is 0 Å². The van der Waals surface area contributed by atoms with Gasteiger partial charge in [0.05, 0.1) is 6.61 Å². The van der Waals surface area contributed by atoms with Crippen LogP contribution in [0.4, 0.5) is 4.79 Å². The number of ether oxygens (including phenoxy) is 1. The standard InChI is InChI=1S/C6H11NO2.C3H5ClO2/c8-6(9)5-3-1-2-4-7-5;1-2-6-3(4)5/h5,7H,1-4H2,(H,8,9);2H2,1H3/t5-;/m0./s1. The summed E-state index contributed by atoms with van der Waals surface area (Å²) in [5.74, 6) is -0.713. The van der Waals surface area contributed by atoms with E-state index in [0.29, 0.717) is 6.61 Å². The summed E-state index contributed by atoms with van der Waals surface area (Å²) in [4.78, 5) is 19.9. The Hall–Kier alpha value is -0.810. The molecule has 0 aromatic carbocycles. The lowest BCUT2D eigenvalue weighted by molar-refractivity contribution is -0.140. The number of piperidine rings is 1. The first-order valence-corrected chi connectivity index (χ1v) is 5.24. The molecule has 0 aromatic rings. The van der Waals surface area contributed by atoms with Crippen molar-refractivity contribution in [1.29, 1.82) is 0 Å². The van der Waals surface area contributed by atoms with Crippen LogP contribution in [-0.4, -0.2) is 35.7 Å². The Morgan fingerprint density at radius 1 is 1.53 bits per heavy atom. The maximum atomic E-state index is 10.3. The quantitative estimate of drug-likeness (QED) is 0.714. The van der Waals surface area contributed by atoms with Gasteiger partial charge < -0.3 is 15.2 Å². The Balaban J connectivity index is 0.000000288. The van der Waals surface area contributed by atoms with Gasteiger partial charge in [0.15, 0.2) is 0 Å². The SMILES string of the molecule is CCOC(=O)Cl.O=C(O)[C@@H]1CCCCN1. The predicted molar refractivity (Wildman–Crippen MR) is 56.2 cm³/mol. The predicted octanol–water partition coefficient (Wildman–Crippen LogP) is 1.59. The molecule has 6 heteroatoms. The van der Waals surface area contributed by atoms with E-state index in [-0.39, 0.29) is 6.04 Å². The number of hydrogen-bond acceptors (Lipinski definition) is 4. The lowest BCUT2D eigenvalue weighted by Gasteiger charge is -2.18. The first-order valence-electron chi connectivity index (χ1n) is 4.86. The molecule has 0 saturated carbocycles. The van der Waals surface area contributed by atoms with E-state index in [0.717, 1.165) is 25.8 Å². The molecule has 1 rings (SSSR count). The van der Waals surface area contributed by atoms with Crippen molar-refractivity contribution in [1.82, 2.24) is 5.32 Å². The fraction of sp³-hybridized carbons (Fsp3) is 0.778. The van der Waals surface area contributed by atoms with Gasteiger partial charge >= 0.3 is 11.4 Å². The molecule has 0 spiro atoms. The van der Waals surface area contributed by atoms with Crippen molar-refractivity contribution in [3.8, 4) is 0 Å². The van der Waals surface area contributed by atoms with Crippen LogP contribution in [0.15, 0.2) is 0 Å². The number of rotatable bonds is 2. The van der Waals surface area contributed by atoms with E-state index >= 15 is 0 Å². The normalized spacial score (nSPS) is 19.7. The van der Waals surface area contributed by atoms with Crippen LogP contribution in [0.25, 0.3) is 0 Å². The summed E-state index contributed by atoms with van der Waals surface area (Å²) in [6.45, 7) is 2.90. The minimum Gasteiger partial charge on any atom is -0.480 e. The maximum absolute atomic E-state index is 10.3. The van der Waals surface area contributed by atoms with Gasteiger partial charge in [-0.3, -0.25) is 4.79 Å². The summed E-state index contributed by atoms with van der Waals surface area (Å²) in [6.07, 6.45) is 2.95. The van der Waals surface area contributed by atoms with Crippen LogP contribution in [0, 0.1) is 0 Å². The average molecular weight is 238 g/mol. The first-order chi connectivity index (χ1) is 7.07. The van der Waals surface area contributed by atoms with Gasteiger partial charge in [0.25, 0.3) is 0 Å². The minimum absolute atomic E-state index is 0.279. The lowest BCUT2D eigenvalue weighted by atomic mass is 10.1. The molecule has 0 bridgehead atoms. The molecule has 1 aliphatic heterocycles. The van der Waals surface area contributed by atoms with Crippen LogP contribution >= 0.6 is 11.6 Å². The summed E-state index contributed by atoms with van der Waals surface area (Å²) in [5.41, 5.74) is -0.738. The van der Waals surface area contributed by atoms with Crippen LogP contribution in [0.3, 0.4) is 0 Å². The zero-order valence-corrected chi connectivity index (χ0v) is 9.42. The third-order valence-electron chi connectivity index (χ3n) is 1.87. The molecule has 0 radical (unpaired) electrons. The van der Waals surface area contributed by atoms with Crippen molar-refractivity contribution < 1.29 is 19.4 Å². The number of carboxylic acid groups (broad SMARTS) is 1. The van der Waals surface area contributed by atoms with E-state index in [2.05, 4.69) is 10.1 Å². The number of halogens is 1. The zero-order chi connectivity index (χ0) is 11.7. The lowest BCUT2D eigenvalue weighted by Crippen LogP contribution is -2.40. The first kappa shape index (κ1) is 14.2. The highest BCUT2D eigenvalue weighted by Crippen LogP contribution is 2.05. The molecule has 1 fully saturated rings. The minimum atomic E-state index is -0.738. The number of nitrogens with one attached hydrogen (secondary N) is 1. The maximum Gasteiger partial charge on any atom is 0.403 e. The van der Waals surface area contributed by atoms with Gasteiger partial charge in [0, 0.05) is 11.6 Å². The highest BCUT2D eigenvalue weighted by Gasteiger charge is 2.18. The van der Waals surface area contributed by atoms with E-state index in [1.165, 1.54) is 0 Å². The van der Waals surface area contributed by atoms with Crippen molar-refractivity contribution in [3.63, 3.8) is 0 Å². The van der Waals surface area contributed by atoms with Crippen LogP contribution in [-0.2, 0) is 9.53 Å². The van der Waals surface area contributed by atoms with Crippen LogP contribution in [0.1, 0.15) is 26.2 Å². The number of carbonyl (C=O) groups excluding carboxylic acids is 1. The van der Waals surface area contributed by atoms with Gasteiger partial charge in [-0.05, 0) is 26.3 Å². The van der Waals surface area contributed by atoms with Crippen molar-refractivity contribution >= 4 is 23.0 Å². The Morgan fingerprint density at radius 3 is 2.40 bits per heavy atom. The van der Waals surface area contributed by atoms with Crippen molar-refractivity contribution in [2.75, 3.05) is 13.2 Å². The van der Waals surface area contributed by atoms with Gasteiger partial charge in [-0.25, -0.2) is 4.79 Å². The van der Waals surface area contributed by atoms with E-state index in [1.807, 2.05) is 0 Å². The molecule has 0 amide bonds.